The van der Waals surface area contributed by atoms with Crippen molar-refractivity contribution in [1.82, 2.24) is 10.2 Å². The molecule has 0 aliphatic carbocycles. The number of nitrogens with zero attached hydrogens (tertiary/aromatic N) is 3. The van der Waals surface area contributed by atoms with Crippen LogP contribution in [0.15, 0.2) is 48.5 Å². The standard InChI is InChI=1S/C23H23ClN4O2S/c1-15-10-11-18(13-19(15)24)28-14-17(12-21(28)30)22-26-27-23(31-22)25-20(29)9-5-8-16-6-3-2-4-7-16/h2-4,6-7,10-11,13,17H,5,8-9,12,14H2,1H3,(H,25,27,29). The van der Waals surface area contributed by atoms with Gasteiger partial charge in [0.25, 0.3) is 0 Å². The average molecular weight is 455 g/mol. The monoisotopic (exact) mass is 454 g/mol. The lowest BCUT2D eigenvalue weighted by molar-refractivity contribution is -0.117. The van der Waals surface area contributed by atoms with Crippen molar-refractivity contribution >= 4 is 45.6 Å². The summed E-state index contributed by atoms with van der Waals surface area (Å²) in [6, 6.07) is 15.7. The Labute approximate surface area is 190 Å². The number of anilines is 2. The van der Waals surface area contributed by atoms with Crippen LogP contribution in [-0.2, 0) is 16.0 Å². The molecule has 0 spiro atoms. The van der Waals surface area contributed by atoms with Crippen LogP contribution in [0, 0.1) is 6.92 Å². The molecule has 1 aliphatic heterocycles. The van der Waals surface area contributed by atoms with E-state index in [0.29, 0.717) is 29.5 Å². The van der Waals surface area contributed by atoms with Gasteiger partial charge in [-0.25, -0.2) is 0 Å². The van der Waals surface area contributed by atoms with Gasteiger partial charge in [0, 0.05) is 36.0 Å². The third-order valence-electron chi connectivity index (χ3n) is 5.34. The van der Waals surface area contributed by atoms with E-state index in [4.69, 9.17) is 11.6 Å². The Morgan fingerprint density at radius 3 is 2.81 bits per heavy atom. The minimum atomic E-state index is -0.0722. The number of hydrogen-bond donors (Lipinski definition) is 1. The fourth-order valence-electron chi connectivity index (χ4n) is 3.60. The van der Waals surface area contributed by atoms with Gasteiger partial charge in [0.15, 0.2) is 0 Å². The molecular weight excluding hydrogens is 432 g/mol. The Morgan fingerprint density at radius 2 is 2.03 bits per heavy atom. The number of rotatable bonds is 7. The van der Waals surface area contributed by atoms with E-state index in [2.05, 4.69) is 27.6 Å². The van der Waals surface area contributed by atoms with E-state index in [1.807, 2.05) is 43.3 Å². The van der Waals surface area contributed by atoms with E-state index >= 15 is 0 Å². The largest absolute Gasteiger partial charge is 0.312 e. The minimum Gasteiger partial charge on any atom is -0.312 e. The summed E-state index contributed by atoms with van der Waals surface area (Å²) in [6.07, 6.45) is 2.42. The van der Waals surface area contributed by atoms with E-state index in [1.54, 1.807) is 4.90 Å². The van der Waals surface area contributed by atoms with E-state index in [9.17, 15) is 9.59 Å². The number of aromatic nitrogens is 2. The predicted octanol–water partition coefficient (Wildman–Crippen LogP) is 4.98. The van der Waals surface area contributed by atoms with E-state index in [-0.39, 0.29) is 17.7 Å². The SMILES string of the molecule is Cc1ccc(N2CC(c3nnc(NC(=O)CCCc4ccccc4)s3)CC2=O)cc1Cl. The second-order valence-corrected chi connectivity index (χ2v) is 9.09. The molecule has 1 aliphatic rings. The van der Waals surface area contributed by atoms with Crippen LogP contribution in [0.4, 0.5) is 10.8 Å². The van der Waals surface area contributed by atoms with Gasteiger partial charge >= 0.3 is 0 Å². The molecule has 1 unspecified atom stereocenters. The molecule has 1 atom stereocenters. The second-order valence-electron chi connectivity index (χ2n) is 7.67. The molecule has 3 aromatic rings. The summed E-state index contributed by atoms with van der Waals surface area (Å²) in [7, 11) is 0. The predicted molar refractivity (Wildman–Crippen MR) is 124 cm³/mol. The van der Waals surface area contributed by atoms with Crippen molar-refractivity contribution in [2.75, 3.05) is 16.8 Å². The molecule has 8 heteroatoms. The molecule has 1 N–H and O–H groups in total. The Kier molecular flexibility index (Phi) is 6.63. The molecule has 0 bridgehead atoms. The maximum absolute atomic E-state index is 12.5. The van der Waals surface area contributed by atoms with Gasteiger partial charge in [-0.15, -0.1) is 10.2 Å². The maximum atomic E-state index is 12.5. The lowest BCUT2D eigenvalue weighted by atomic mass is 10.1. The smallest absolute Gasteiger partial charge is 0.227 e. The molecule has 0 radical (unpaired) electrons. The van der Waals surface area contributed by atoms with Crippen molar-refractivity contribution in [1.29, 1.82) is 0 Å². The first-order valence-electron chi connectivity index (χ1n) is 10.2. The third-order valence-corrected chi connectivity index (χ3v) is 6.75. The second kappa shape index (κ2) is 9.58. The Bertz CT molecular complexity index is 1090. The molecule has 2 aromatic carbocycles. The summed E-state index contributed by atoms with van der Waals surface area (Å²) in [5, 5.41) is 13.0. The first-order chi connectivity index (χ1) is 15.0. The molecule has 6 nitrogen and oxygen atoms in total. The maximum Gasteiger partial charge on any atom is 0.227 e. The molecule has 31 heavy (non-hydrogen) atoms. The first kappa shape index (κ1) is 21.5. The van der Waals surface area contributed by atoms with Gasteiger partial charge in [0.2, 0.25) is 16.9 Å². The topological polar surface area (TPSA) is 75.2 Å². The Morgan fingerprint density at radius 1 is 1.23 bits per heavy atom. The van der Waals surface area contributed by atoms with Crippen LogP contribution in [0.1, 0.15) is 41.3 Å². The number of carbonyl (C=O) groups excluding carboxylic acids is 2. The molecule has 2 heterocycles. The average Bonchev–Trinajstić information content (AvgIpc) is 3.37. The highest BCUT2D eigenvalue weighted by molar-refractivity contribution is 7.15. The summed E-state index contributed by atoms with van der Waals surface area (Å²) in [6.45, 7) is 2.46. The van der Waals surface area contributed by atoms with Crippen molar-refractivity contribution in [3.8, 4) is 0 Å². The minimum absolute atomic E-state index is 0.0339. The zero-order chi connectivity index (χ0) is 21.8. The van der Waals surface area contributed by atoms with E-state index < -0.39 is 0 Å². The van der Waals surface area contributed by atoms with Crippen LogP contribution < -0.4 is 10.2 Å². The Hall–Kier alpha value is -2.77. The lowest BCUT2D eigenvalue weighted by Gasteiger charge is -2.17. The van der Waals surface area contributed by atoms with Gasteiger partial charge in [-0.2, -0.15) is 0 Å². The lowest BCUT2D eigenvalue weighted by Crippen LogP contribution is -2.24. The van der Waals surface area contributed by atoms with Crippen LogP contribution in [0.25, 0.3) is 0 Å². The van der Waals surface area contributed by atoms with Crippen LogP contribution >= 0.6 is 22.9 Å². The molecule has 2 amide bonds. The van der Waals surface area contributed by atoms with E-state index in [0.717, 1.165) is 29.1 Å². The number of aryl methyl sites for hydroxylation is 2. The van der Waals surface area contributed by atoms with Gasteiger partial charge in [-0.05, 0) is 43.0 Å². The van der Waals surface area contributed by atoms with Gasteiger partial charge < -0.3 is 10.2 Å². The number of hydrogen-bond acceptors (Lipinski definition) is 5. The fraction of sp³-hybridized carbons (Fsp3) is 0.304. The van der Waals surface area contributed by atoms with Crippen molar-refractivity contribution in [2.45, 2.75) is 38.5 Å². The summed E-state index contributed by atoms with van der Waals surface area (Å²) in [5.41, 5.74) is 2.99. The van der Waals surface area contributed by atoms with Crippen molar-refractivity contribution in [3.05, 3.63) is 69.7 Å². The van der Waals surface area contributed by atoms with Gasteiger partial charge in [-0.3, -0.25) is 9.59 Å². The molecule has 160 valence electrons. The van der Waals surface area contributed by atoms with E-state index in [1.165, 1.54) is 16.9 Å². The normalized spacial score (nSPS) is 16.0. The Balaban J connectivity index is 1.31. The highest BCUT2D eigenvalue weighted by Gasteiger charge is 2.34. The van der Waals surface area contributed by atoms with Crippen molar-refractivity contribution in [2.24, 2.45) is 0 Å². The summed E-state index contributed by atoms with van der Waals surface area (Å²) in [4.78, 5) is 26.5. The quantitative estimate of drug-likeness (QED) is 0.546. The fourth-order valence-corrected chi connectivity index (χ4v) is 4.63. The molecule has 1 aromatic heterocycles. The molecular formula is C23H23ClN4O2S. The summed E-state index contributed by atoms with van der Waals surface area (Å²) in [5.74, 6) is -0.0857. The first-order valence-corrected chi connectivity index (χ1v) is 11.4. The number of nitrogens with one attached hydrogen (secondary N) is 1. The molecule has 4 rings (SSSR count). The van der Waals surface area contributed by atoms with Gasteiger partial charge in [0.05, 0.1) is 0 Å². The van der Waals surface area contributed by atoms with Crippen LogP contribution in [-0.4, -0.2) is 28.6 Å². The van der Waals surface area contributed by atoms with Crippen LogP contribution in [0.5, 0.6) is 0 Å². The van der Waals surface area contributed by atoms with Crippen molar-refractivity contribution in [3.63, 3.8) is 0 Å². The summed E-state index contributed by atoms with van der Waals surface area (Å²) < 4.78 is 0. The number of amides is 2. The van der Waals surface area contributed by atoms with Crippen molar-refractivity contribution < 1.29 is 9.59 Å². The number of benzene rings is 2. The van der Waals surface area contributed by atoms with Crippen LogP contribution in [0.2, 0.25) is 5.02 Å². The number of halogens is 1. The number of carbonyl (C=O) groups is 2. The highest BCUT2D eigenvalue weighted by atomic mass is 35.5. The highest BCUT2D eigenvalue weighted by Crippen LogP contribution is 2.35. The summed E-state index contributed by atoms with van der Waals surface area (Å²) >= 11 is 7.55. The molecule has 1 fully saturated rings. The zero-order valence-corrected chi connectivity index (χ0v) is 18.7. The molecule has 1 saturated heterocycles. The zero-order valence-electron chi connectivity index (χ0n) is 17.2. The third kappa shape index (κ3) is 5.29. The van der Waals surface area contributed by atoms with Crippen LogP contribution in [0.3, 0.4) is 0 Å². The van der Waals surface area contributed by atoms with Gasteiger partial charge in [0.1, 0.15) is 5.01 Å². The molecule has 0 saturated carbocycles. The van der Waals surface area contributed by atoms with Gasteiger partial charge in [-0.1, -0.05) is 59.3 Å².